The SMILES string of the molecule is Cc1cnc(C(C)n2c(O)c(C)c(=O)[nH]c2=O)s1. The molecule has 2 heterocycles. The molecule has 0 aliphatic carbocycles. The van der Waals surface area contributed by atoms with Crippen molar-refractivity contribution in [3.05, 3.63) is 42.5 Å². The van der Waals surface area contributed by atoms with E-state index in [0.717, 1.165) is 9.44 Å². The van der Waals surface area contributed by atoms with Crippen molar-refractivity contribution in [1.29, 1.82) is 0 Å². The van der Waals surface area contributed by atoms with Crippen LogP contribution in [-0.4, -0.2) is 19.6 Å². The Kier molecular flexibility index (Phi) is 3.08. The summed E-state index contributed by atoms with van der Waals surface area (Å²) in [6, 6.07) is -0.424. The van der Waals surface area contributed by atoms with Gasteiger partial charge in [0.15, 0.2) is 0 Å². The summed E-state index contributed by atoms with van der Waals surface area (Å²) in [5.74, 6) is -0.316. The Morgan fingerprint density at radius 3 is 2.67 bits per heavy atom. The van der Waals surface area contributed by atoms with Crippen LogP contribution in [0, 0.1) is 13.8 Å². The van der Waals surface area contributed by atoms with Gasteiger partial charge in [-0.2, -0.15) is 0 Å². The lowest BCUT2D eigenvalue weighted by Crippen LogP contribution is -2.33. The van der Waals surface area contributed by atoms with E-state index in [1.807, 2.05) is 6.92 Å². The first-order chi connectivity index (χ1) is 8.41. The van der Waals surface area contributed by atoms with Crippen molar-refractivity contribution in [2.75, 3.05) is 0 Å². The van der Waals surface area contributed by atoms with Gasteiger partial charge in [0.1, 0.15) is 5.01 Å². The van der Waals surface area contributed by atoms with Crippen molar-refractivity contribution >= 4 is 11.3 Å². The fourth-order valence-electron chi connectivity index (χ4n) is 1.66. The Labute approximate surface area is 107 Å². The molecule has 1 unspecified atom stereocenters. The highest BCUT2D eigenvalue weighted by Gasteiger charge is 2.19. The molecule has 96 valence electrons. The first-order valence-corrected chi connectivity index (χ1v) is 6.20. The van der Waals surface area contributed by atoms with Crippen LogP contribution in [0.3, 0.4) is 0 Å². The zero-order valence-corrected chi connectivity index (χ0v) is 11.0. The summed E-state index contributed by atoms with van der Waals surface area (Å²) in [5, 5.41) is 10.6. The molecule has 2 rings (SSSR count). The van der Waals surface area contributed by atoms with Gasteiger partial charge in [-0.15, -0.1) is 11.3 Å². The summed E-state index contributed by atoms with van der Waals surface area (Å²) in [6.45, 7) is 5.12. The van der Waals surface area contributed by atoms with Gasteiger partial charge in [-0.3, -0.25) is 14.3 Å². The molecule has 0 aliphatic rings. The number of H-pyrrole nitrogens is 1. The molecule has 2 aromatic heterocycles. The van der Waals surface area contributed by atoms with Crippen molar-refractivity contribution in [2.24, 2.45) is 0 Å². The minimum atomic E-state index is -0.636. The van der Waals surface area contributed by atoms with Gasteiger partial charge < -0.3 is 5.11 Å². The number of nitrogens with one attached hydrogen (secondary N) is 1. The van der Waals surface area contributed by atoms with Gasteiger partial charge in [-0.1, -0.05) is 0 Å². The molecule has 0 saturated carbocycles. The minimum absolute atomic E-state index is 0.120. The van der Waals surface area contributed by atoms with Crippen LogP contribution >= 0.6 is 11.3 Å². The Bertz CT molecular complexity index is 698. The predicted octanol–water partition coefficient (Wildman–Crippen LogP) is 0.925. The lowest BCUT2D eigenvalue weighted by Gasteiger charge is -2.14. The number of nitrogens with zero attached hydrogens (tertiary/aromatic N) is 2. The van der Waals surface area contributed by atoms with Gasteiger partial charge in [0, 0.05) is 11.1 Å². The van der Waals surface area contributed by atoms with Crippen LogP contribution in [0.4, 0.5) is 0 Å². The fraction of sp³-hybridized carbons (Fsp3) is 0.364. The van der Waals surface area contributed by atoms with Gasteiger partial charge in [-0.25, -0.2) is 9.78 Å². The smallest absolute Gasteiger partial charge is 0.331 e. The average molecular weight is 267 g/mol. The van der Waals surface area contributed by atoms with E-state index in [4.69, 9.17) is 0 Å². The van der Waals surface area contributed by atoms with Gasteiger partial charge in [-0.05, 0) is 20.8 Å². The molecule has 2 N–H and O–H groups in total. The molecule has 7 heteroatoms. The summed E-state index contributed by atoms with van der Waals surface area (Å²) in [4.78, 5) is 30.5. The molecule has 0 saturated heterocycles. The molecule has 0 aromatic carbocycles. The normalized spacial score (nSPS) is 12.6. The van der Waals surface area contributed by atoms with E-state index in [-0.39, 0.29) is 11.4 Å². The number of rotatable bonds is 2. The molecule has 1 atom stereocenters. The third kappa shape index (κ3) is 1.97. The molecule has 0 radical (unpaired) electrons. The van der Waals surface area contributed by atoms with Crippen molar-refractivity contribution in [3.63, 3.8) is 0 Å². The Morgan fingerprint density at radius 2 is 2.11 bits per heavy atom. The van der Waals surface area contributed by atoms with E-state index in [1.54, 1.807) is 13.1 Å². The predicted molar refractivity (Wildman–Crippen MR) is 68.4 cm³/mol. The van der Waals surface area contributed by atoms with Gasteiger partial charge in [0.25, 0.3) is 5.56 Å². The molecule has 18 heavy (non-hydrogen) atoms. The largest absolute Gasteiger partial charge is 0.494 e. The van der Waals surface area contributed by atoms with Crippen LogP contribution in [0.1, 0.15) is 28.4 Å². The van der Waals surface area contributed by atoms with E-state index < -0.39 is 17.3 Å². The maximum Gasteiger partial charge on any atom is 0.331 e. The van der Waals surface area contributed by atoms with Crippen LogP contribution in [0.25, 0.3) is 0 Å². The third-order valence-corrected chi connectivity index (χ3v) is 3.81. The maximum absolute atomic E-state index is 11.8. The molecular weight excluding hydrogens is 254 g/mol. The van der Waals surface area contributed by atoms with Crippen LogP contribution in [-0.2, 0) is 0 Å². The second-order valence-corrected chi connectivity index (χ2v) is 5.33. The van der Waals surface area contributed by atoms with Gasteiger partial charge >= 0.3 is 5.69 Å². The highest BCUT2D eigenvalue weighted by atomic mass is 32.1. The topological polar surface area (TPSA) is 88.0 Å². The molecule has 2 aromatic rings. The Balaban J connectivity index is 2.62. The number of hydrogen-bond acceptors (Lipinski definition) is 5. The van der Waals surface area contributed by atoms with Crippen LogP contribution in [0.15, 0.2) is 15.8 Å². The van der Waals surface area contributed by atoms with E-state index >= 15 is 0 Å². The second kappa shape index (κ2) is 4.41. The Morgan fingerprint density at radius 1 is 1.44 bits per heavy atom. The standard InChI is InChI=1S/C11H13N3O3S/c1-5-4-12-9(18-5)7(3)14-10(16)6(2)8(15)13-11(14)17/h4,7,16H,1-3H3,(H,13,15,17). The molecule has 0 spiro atoms. The summed E-state index contributed by atoms with van der Waals surface area (Å²) >= 11 is 1.44. The van der Waals surface area contributed by atoms with E-state index in [0.29, 0.717) is 5.01 Å². The van der Waals surface area contributed by atoms with Gasteiger partial charge in [0.05, 0.1) is 11.6 Å². The number of thiazole rings is 1. The van der Waals surface area contributed by atoms with Crippen molar-refractivity contribution in [2.45, 2.75) is 26.8 Å². The van der Waals surface area contributed by atoms with E-state index in [2.05, 4.69) is 9.97 Å². The highest BCUT2D eigenvalue weighted by molar-refractivity contribution is 7.11. The van der Waals surface area contributed by atoms with E-state index in [1.165, 1.54) is 18.3 Å². The summed E-state index contributed by atoms with van der Waals surface area (Å²) in [6.07, 6.45) is 1.71. The molecule has 0 aliphatic heterocycles. The summed E-state index contributed by atoms with van der Waals surface area (Å²) < 4.78 is 1.13. The number of aromatic nitrogens is 3. The van der Waals surface area contributed by atoms with Gasteiger partial charge in [0.2, 0.25) is 5.88 Å². The molecule has 0 bridgehead atoms. The average Bonchev–Trinajstić information content (AvgIpc) is 2.73. The van der Waals surface area contributed by atoms with E-state index in [9.17, 15) is 14.7 Å². The first kappa shape index (κ1) is 12.6. The lowest BCUT2D eigenvalue weighted by atomic mass is 10.3. The third-order valence-electron chi connectivity index (χ3n) is 2.73. The molecule has 6 nitrogen and oxygen atoms in total. The molecular formula is C11H13N3O3S. The molecule has 0 amide bonds. The highest BCUT2D eigenvalue weighted by Crippen LogP contribution is 2.25. The number of aryl methyl sites for hydroxylation is 1. The molecule has 0 fully saturated rings. The van der Waals surface area contributed by atoms with Crippen LogP contribution in [0.2, 0.25) is 0 Å². The minimum Gasteiger partial charge on any atom is -0.494 e. The van der Waals surface area contributed by atoms with Crippen molar-refractivity contribution in [1.82, 2.24) is 14.5 Å². The van der Waals surface area contributed by atoms with Crippen LogP contribution < -0.4 is 11.2 Å². The number of hydrogen-bond donors (Lipinski definition) is 2. The summed E-state index contributed by atoms with van der Waals surface area (Å²) in [5.41, 5.74) is -1.09. The van der Waals surface area contributed by atoms with Crippen LogP contribution in [0.5, 0.6) is 5.88 Å². The number of aromatic hydroxyl groups is 1. The second-order valence-electron chi connectivity index (χ2n) is 4.06. The van der Waals surface area contributed by atoms with Crippen molar-refractivity contribution < 1.29 is 5.11 Å². The first-order valence-electron chi connectivity index (χ1n) is 5.38. The zero-order valence-electron chi connectivity index (χ0n) is 10.2. The summed E-state index contributed by atoms with van der Waals surface area (Å²) in [7, 11) is 0. The quantitative estimate of drug-likeness (QED) is 0.847. The Hall–Kier alpha value is -1.89. The maximum atomic E-state index is 11.8. The zero-order chi connectivity index (χ0) is 13.4. The lowest BCUT2D eigenvalue weighted by molar-refractivity contribution is 0.384. The van der Waals surface area contributed by atoms with Crippen molar-refractivity contribution in [3.8, 4) is 5.88 Å². The fourth-order valence-corrected chi connectivity index (χ4v) is 2.48. The monoisotopic (exact) mass is 267 g/mol. The number of aromatic amines is 1.